The normalized spacial score (nSPS) is 12.2. The number of hydroxylamine groups is 2. The summed E-state index contributed by atoms with van der Waals surface area (Å²) in [5, 5.41) is 1.80. The summed E-state index contributed by atoms with van der Waals surface area (Å²) in [5.41, 5.74) is 0.838. The molecule has 1 aliphatic rings. The molecule has 110 valence electrons. The van der Waals surface area contributed by atoms with E-state index in [1.807, 2.05) is 24.3 Å². The van der Waals surface area contributed by atoms with Gasteiger partial charge in [-0.15, -0.1) is 5.06 Å². The SMILES string of the molecule is CN1OC1=O.COc1ccc(-c2nc(Cl)cc(Cl)n2)cc1. The van der Waals surface area contributed by atoms with Crippen LogP contribution in [0.3, 0.4) is 0 Å². The van der Waals surface area contributed by atoms with Crippen molar-refractivity contribution in [3.8, 4) is 17.1 Å². The second kappa shape index (κ2) is 6.60. The lowest BCUT2D eigenvalue weighted by Gasteiger charge is -2.03. The Labute approximate surface area is 131 Å². The summed E-state index contributed by atoms with van der Waals surface area (Å²) in [6, 6.07) is 8.85. The maximum Gasteiger partial charge on any atom is 0.467 e. The number of amides is 1. The van der Waals surface area contributed by atoms with Crippen molar-refractivity contribution in [2.75, 3.05) is 14.2 Å². The van der Waals surface area contributed by atoms with Gasteiger partial charge in [-0.2, -0.15) is 0 Å². The highest BCUT2D eigenvalue weighted by Gasteiger charge is 2.28. The molecule has 1 aromatic carbocycles. The Morgan fingerprint density at radius 2 is 1.62 bits per heavy atom. The van der Waals surface area contributed by atoms with Crippen molar-refractivity contribution in [1.29, 1.82) is 0 Å². The summed E-state index contributed by atoms with van der Waals surface area (Å²) in [7, 11) is 3.17. The fourth-order valence-corrected chi connectivity index (χ4v) is 1.78. The van der Waals surface area contributed by atoms with Gasteiger partial charge in [0.15, 0.2) is 5.82 Å². The first-order valence-corrected chi connectivity index (χ1v) is 6.55. The quantitative estimate of drug-likeness (QED) is 0.624. The van der Waals surface area contributed by atoms with E-state index in [9.17, 15) is 4.79 Å². The lowest BCUT2D eigenvalue weighted by atomic mass is 10.2. The number of halogens is 2. The molecular formula is C13H11Cl2N3O3. The van der Waals surface area contributed by atoms with Gasteiger partial charge in [-0.3, -0.25) is 0 Å². The van der Waals surface area contributed by atoms with Crippen molar-refractivity contribution in [3.05, 3.63) is 40.6 Å². The molecule has 0 aliphatic carbocycles. The van der Waals surface area contributed by atoms with Crippen molar-refractivity contribution in [3.63, 3.8) is 0 Å². The topological polar surface area (TPSA) is 67.6 Å². The van der Waals surface area contributed by atoms with Crippen LogP contribution in [0.4, 0.5) is 4.79 Å². The Bertz CT molecular complexity index is 629. The predicted molar refractivity (Wildman–Crippen MR) is 78.3 cm³/mol. The van der Waals surface area contributed by atoms with E-state index in [0.29, 0.717) is 16.1 Å². The Morgan fingerprint density at radius 1 is 1.14 bits per heavy atom. The smallest absolute Gasteiger partial charge is 0.467 e. The molecule has 3 rings (SSSR count). The lowest BCUT2D eigenvalue weighted by molar-refractivity contribution is 0.227. The van der Waals surface area contributed by atoms with Gasteiger partial charge >= 0.3 is 6.09 Å². The average molecular weight is 328 g/mol. The van der Waals surface area contributed by atoms with E-state index in [-0.39, 0.29) is 6.09 Å². The Balaban J connectivity index is 0.000000272. The van der Waals surface area contributed by atoms with E-state index < -0.39 is 0 Å². The summed E-state index contributed by atoms with van der Waals surface area (Å²) in [6.07, 6.45) is -0.245. The standard InChI is InChI=1S/C11H8Cl2N2O.C2H3NO2/c1-16-8-4-2-7(3-5-8)11-14-9(12)6-10(13)15-11;1-3-2(4)5-3/h2-6H,1H3;1H3. The van der Waals surface area contributed by atoms with E-state index in [1.165, 1.54) is 6.07 Å². The maximum atomic E-state index is 9.59. The zero-order chi connectivity index (χ0) is 15.4. The molecule has 8 heteroatoms. The molecule has 1 saturated heterocycles. The molecule has 1 aliphatic heterocycles. The first-order valence-electron chi connectivity index (χ1n) is 5.80. The molecule has 0 bridgehead atoms. The minimum Gasteiger partial charge on any atom is -0.497 e. The zero-order valence-electron chi connectivity index (χ0n) is 11.2. The molecule has 0 saturated carbocycles. The number of methoxy groups -OCH3 is 1. The molecule has 0 atom stereocenters. The van der Waals surface area contributed by atoms with Crippen LogP contribution in [0.1, 0.15) is 0 Å². The van der Waals surface area contributed by atoms with Crippen molar-refractivity contribution in [1.82, 2.24) is 15.0 Å². The second-order valence-corrected chi connectivity index (χ2v) is 4.69. The van der Waals surface area contributed by atoms with Crippen LogP contribution in [-0.4, -0.2) is 35.3 Å². The number of ether oxygens (including phenoxy) is 1. The van der Waals surface area contributed by atoms with Gasteiger partial charge in [0.1, 0.15) is 16.1 Å². The van der Waals surface area contributed by atoms with Crippen LogP contribution in [0, 0.1) is 0 Å². The van der Waals surface area contributed by atoms with Gasteiger partial charge in [-0.05, 0) is 24.3 Å². The minimum absolute atomic E-state index is 0.245. The van der Waals surface area contributed by atoms with E-state index in [1.54, 1.807) is 14.2 Å². The van der Waals surface area contributed by atoms with Crippen LogP contribution >= 0.6 is 23.2 Å². The third kappa shape index (κ3) is 4.47. The highest BCUT2D eigenvalue weighted by Crippen LogP contribution is 2.22. The van der Waals surface area contributed by atoms with E-state index >= 15 is 0 Å². The Kier molecular flexibility index (Phi) is 4.82. The van der Waals surface area contributed by atoms with E-state index in [0.717, 1.165) is 16.4 Å². The molecule has 21 heavy (non-hydrogen) atoms. The zero-order valence-corrected chi connectivity index (χ0v) is 12.7. The van der Waals surface area contributed by atoms with E-state index in [4.69, 9.17) is 27.9 Å². The van der Waals surface area contributed by atoms with Crippen molar-refractivity contribution in [2.45, 2.75) is 0 Å². The monoisotopic (exact) mass is 327 g/mol. The van der Waals surface area contributed by atoms with Crippen molar-refractivity contribution in [2.24, 2.45) is 0 Å². The molecule has 0 unspecified atom stereocenters. The molecule has 0 radical (unpaired) electrons. The maximum absolute atomic E-state index is 9.59. The van der Waals surface area contributed by atoms with Crippen LogP contribution in [0.5, 0.6) is 5.75 Å². The predicted octanol–water partition coefficient (Wildman–Crippen LogP) is 3.44. The van der Waals surface area contributed by atoms with Crippen LogP contribution in [0.15, 0.2) is 30.3 Å². The van der Waals surface area contributed by atoms with Gasteiger partial charge in [0, 0.05) is 11.6 Å². The molecule has 0 spiro atoms. The second-order valence-electron chi connectivity index (χ2n) is 3.92. The Morgan fingerprint density at radius 3 is 2.00 bits per heavy atom. The minimum atomic E-state index is -0.245. The number of hydrogen-bond donors (Lipinski definition) is 0. The summed E-state index contributed by atoms with van der Waals surface area (Å²) in [6.45, 7) is 0. The summed E-state index contributed by atoms with van der Waals surface area (Å²) < 4.78 is 5.06. The number of nitrogens with zero attached hydrogens (tertiary/aromatic N) is 3. The van der Waals surface area contributed by atoms with Gasteiger partial charge in [0.05, 0.1) is 14.2 Å². The van der Waals surface area contributed by atoms with Gasteiger partial charge < -0.3 is 9.57 Å². The first kappa shape index (κ1) is 15.3. The first-order chi connectivity index (χ1) is 9.99. The number of carbonyl (C=O) groups excluding carboxylic acids is 1. The van der Waals surface area contributed by atoms with Gasteiger partial charge in [0.2, 0.25) is 0 Å². The summed E-state index contributed by atoms with van der Waals surface area (Å²) >= 11 is 11.6. The van der Waals surface area contributed by atoms with Crippen molar-refractivity contribution >= 4 is 29.3 Å². The van der Waals surface area contributed by atoms with Crippen LogP contribution < -0.4 is 4.74 Å². The molecule has 1 amide bonds. The van der Waals surface area contributed by atoms with Crippen LogP contribution in [-0.2, 0) is 4.84 Å². The lowest BCUT2D eigenvalue weighted by Crippen LogP contribution is -1.90. The summed E-state index contributed by atoms with van der Waals surface area (Å²) in [4.78, 5) is 21.9. The highest BCUT2D eigenvalue weighted by atomic mass is 35.5. The molecular weight excluding hydrogens is 317 g/mol. The fourth-order valence-electron chi connectivity index (χ4n) is 1.36. The fraction of sp³-hybridized carbons (Fsp3) is 0.154. The Hall–Kier alpha value is -2.05. The molecule has 6 nitrogen and oxygen atoms in total. The van der Waals surface area contributed by atoms with Crippen molar-refractivity contribution < 1.29 is 14.4 Å². The highest BCUT2D eigenvalue weighted by molar-refractivity contribution is 6.33. The number of aromatic nitrogens is 2. The third-order valence-electron chi connectivity index (χ3n) is 2.45. The van der Waals surface area contributed by atoms with Gasteiger partial charge in [-0.25, -0.2) is 14.8 Å². The average Bonchev–Trinajstić information content (AvgIpc) is 3.11. The number of hydrogen-bond acceptors (Lipinski definition) is 5. The number of carbonyl (C=O) groups is 1. The van der Waals surface area contributed by atoms with E-state index in [2.05, 4.69) is 14.8 Å². The number of benzene rings is 1. The molecule has 2 aromatic rings. The summed E-state index contributed by atoms with van der Waals surface area (Å²) in [5.74, 6) is 1.28. The van der Waals surface area contributed by atoms with Crippen LogP contribution in [0.2, 0.25) is 10.3 Å². The molecule has 1 aromatic heterocycles. The largest absolute Gasteiger partial charge is 0.497 e. The molecule has 0 N–H and O–H groups in total. The number of rotatable bonds is 2. The molecule has 1 fully saturated rings. The van der Waals surface area contributed by atoms with Gasteiger partial charge in [0.25, 0.3) is 0 Å². The van der Waals surface area contributed by atoms with Crippen LogP contribution in [0.25, 0.3) is 11.4 Å². The van der Waals surface area contributed by atoms with Gasteiger partial charge in [-0.1, -0.05) is 23.2 Å². The molecule has 2 heterocycles. The third-order valence-corrected chi connectivity index (χ3v) is 2.84.